The number of fused-ring (bicyclic) bond motifs is 1. The van der Waals surface area contributed by atoms with Gasteiger partial charge >= 0.3 is 0 Å². The van der Waals surface area contributed by atoms with Gasteiger partial charge in [0.05, 0.1) is 11.4 Å². The summed E-state index contributed by atoms with van der Waals surface area (Å²) in [6.45, 7) is 0. The summed E-state index contributed by atoms with van der Waals surface area (Å²) in [5.74, 6) is -0.653. The van der Waals surface area contributed by atoms with Gasteiger partial charge in [-0.15, -0.1) is 0 Å². The number of anilines is 2. The Morgan fingerprint density at radius 3 is 2.58 bits per heavy atom. The molecule has 3 N–H and O–H groups in total. The lowest BCUT2D eigenvalue weighted by Crippen LogP contribution is -2.46. The molecule has 0 radical (unpaired) electrons. The van der Waals surface area contributed by atoms with Crippen molar-refractivity contribution in [3.05, 3.63) is 93.5 Å². The largest absolute Gasteiger partial charge is 0.399 e. The first-order chi connectivity index (χ1) is 15.8. The fourth-order valence-corrected chi connectivity index (χ4v) is 4.21. The molecule has 33 heavy (non-hydrogen) atoms. The van der Waals surface area contributed by atoms with E-state index in [1.54, 1.807) is 43.4 Å². The maximum atomic E-state index is 13.2. The molecule has 1 atom stereocenters. The normalized spacial score (nSPS) is 15.5. The Kier molecular flexibility index (Phi) is 6.67. The van der Waals surface area contributed by atoms with Crippen LogP contribution in [0, 0.1) is 0 Å². The lowest BCUT2D eigenvalue weighted by atomic mass is 10.00. The fraction of sp³-hybridized carbons (Fsp3) is 0.160. The number of nitrogen functional groups attached to an aromatic ring is 1. The number of nitrogens with zero attached hydrogens (tertiary/aromatic N) is 2. The van der Waals surface area contributed by atoms with Crippen molar-refractivity contribution in [2.24, 2.45) is 4.99 Å². The molecule has 3 aromatic rings. The minimum Gasteiger partial charge on any atom is -0.399 e. The molecule has 0 aromatic heterocycles. The number of aliphatic imine (C=N–C) groups is 1. The molecule has 0 spiro atoms. The zero-order chi connectivity index (χ0) is 23.5. The Hall–Kier alpha value is -3.35. The minimum absolute atomic E-state index is 0.144. The summed E-state index contributed by atoms with van der Waals surface area (Å²) >= 11 is 12.1. The number of benzodiazepines with no additional fused rings is 1. The highest BCUT2D eigenvalue weighted by atomic mass is 35.5. The second-order valence-electron chi connectivity index (χ2n) is 7.72. The van der Waals surface area contributed by atoms with Crippen LogP contribution in [0.1, 0.15) is 23.1 Å². The highest BCUT2D eigenvalue weighted by Crippen LogP contribution is 2.29. The molecule has 0 bridgehead atoms. The average molecular weight is 481 g/mol. The third-order valence-corrected chi connectivity index (χ3v) is 6.03. The lowest BCUT2D eigenvalue weighted by molar-refractivity contribution is -0.127. The van der Waals surface area contributed by atoms with Gasteiger partial charge in [-0.1, -0.05) is 59.6 Å². The number of amides is 2. The van der Waals surface area contributed by atoms with E-state index in [-0.39, 0.29) is 18.2 Å². The van der Waals surface area contributed by atoms with Crippen LogP contribution in [-0.2, 0) is 16.0 Å². The number of nitrogens with two attached hydrogens (primary N) is 1. The van der Waals surface area contributed by atoms with Crippen LogP contribution >= 0.6 is 23.2 Å². The van der Waals surface area contributed by atoms with E-state index in [1.165, 1.54) is 4.90 Å². The maximum Gasteiger partial charge on any atom is 0.272 e. The van der Waals surface area contributed by atoms with Crippen LogP contribution in [0.15, 0.2) is 71.7 Å². The second kappa shape index (κ2) is 9.65. The Labute approximate surface area is 202 Å². The van der Waals surface area contributed by atoms with E-state index in [2.05, 4.69) is 10.3 Å². The van der Waals surface area contributed by atoms with E-state index in [9.17, 15) is 9.59 Å². The summed E-state index contributed by atoms with van der Waals surface area (Å²) in [6.07, 6.45) is -0.526. The number of carbonyl (C=O) groups is 2. The average Bonchev–Trinajstić information content (AvgIpc) is 2.89. The Morgan fingerprint density at radius 1 is 1.09 bits per heavy atom. The lowest BCUT2D eigenvalue weighted by Gasteiger charge is -2.21. The molecule has 8 heteroatoms. The molecule has 2 amide bonds. The van der Waals surface area contributed by atoms with Crippen LogP contribution in [0.5, 0.6) is 0 Å². The van der Waals surface area contributed by atoms with Gasteiger partial charge in [-0.25, -0.2) is 4.99 Å². The predicted octanol–water partition coefficient (Wildman–Crippen LogP) is 4.46. The highest BCUT2D eigenvalue weighted by Gasteiger charge is 2.31. The summed E-state index contributed by atoms with van der Waals surface area (Å²) in [5.41, 5.74) is 10.2. The van der Waals surface area contributed by atoms with Crippen molar-refractivity contribution in [1.29, 1.82) is 0 Å². The van der Waals surface area contributed by atoms with Crippen molar-refractivity contribution < 1.29 is 9.59 Å². The number of nitrogens with one attached hydrogen (secondary N) is 1. The Balaban J connectivity index is 1.62. The number of halogens is 2. The number of hydrogen-bond donors (Lipinski definition) is 2. The monoisotopic (exact) mass is 480 g/mol. The Morgan fingerprint density at radius 2 is 1.85 bits per heavy atom. The molecule has 0 aliphatic carbocycles. The van der Waals surface area contributed by atoms with E-state index in [0.717, 1.165) is 16.7 Å². The topological polar surface area (TPSA) is 87.8 Å². The summed E-state index contributed by atoms with van der Waals surface area (Å²) in [6, 6.07) is 20.0. The van der Waals surface area contributed by atoms with Gasteiger partial charge in [0.1, 0.15) is 0 Å². The number of rotatable bonds is 5. The zero-order valence-electron chi connectivity index (χ0n) is 17.9. The summed E-state index contributed by atoms with van der Waals surface area (Å²) in [5, 5.41) is 3.80. The van der Waals surface area contributed by atoms with Gasteiger partial charge in [0, 0.05) is 40.3 Å². The first-order valence-electron chi connectivity index (χ1n) is 10.4. The van der Waals surface area contributed by atoms with Crippen LogP contribution in [-0.4, -0.2) is 30.7 Å². The Bertz CT molecular complexity index is 1240. The number of aryl methyl sites for hydroxylation is 1. The van der Waals surface area contributed by atoms with Crippen molar-refractivity contribution >= 4 is 52.1 Å². The van der Waals surface area contributed by atoms with Crippen molar-refractivity contribution in [3.8, 4) is 0 Å². The zero-order valence-corrected chi connectivity index (χ0v) is 19.4. The van der Waals surface area contributed by atoms with Crippen LogP contribution in [0.25, 0.3) is 0 Å². The van der Waals surface area contributed by atoms with Crippen molar-refractivity contribution in [1.82, 2.24) is 5.32 Å². The highest BCUT2D eigenvalue weighted by molar-refractivity contribution is 6.35. The summed E-state index contributed by atoms with van der Waals surface area (Å²) < 4.78 is 0. The number of hydrogen-bond acceptors (Lipinski definition) is 4. The smallest absolute Gasteiger partial charge is 0.272 e. The van der Waals surface area contributed by atoms with Crippen molar-refractivity contribution in [2.45, 2.75) is 19.0 Å². The standard InChI is InChI=1S/C25H22Cl2N4O2/c1-31-21-11-10-18(28)14-19(21)23(16-5-3-2-4-6-16)30-24(25(31)33)29-22(32)12-8-15-7-9-17(26)13-20(15)27/h2-7,9-11,13-14,24H,8,12,28H2,1H3,(H,29,32). The van der Waals surface area contributed by atoms with Gasteiger partial charge in [0.25, 0.3) is 5.91 Å². The van der Waals surface area contributed by atoms with Gasteiger partial charge in [-0.2, -0.15) is 0 Å². The molecule has 1 aliphatic rings. The van der Waals surface area contributed by atoms with E-state index < -0.39 is 6.17 Å². The van der Waals surface area contributed by atoms with Crippen LogP contribution in [0.2, 0.25) is 10.0 Å². The van der Waals surface area contributed by atoms with Gasteiger partial charge in [0.2, 0.25) is 12.1 Å². The third-order valence-electron chi connectivity index (χ3n) is 5.44. The molecule has 0 fully saturated rings. The summed E-state index contributed by atoms with van der Waals surface area (Å²) in [4.78, 5) is 32.1. The van der Waals surface area contributed by atoms with Crippen LogP contribution in [0.4, 0.5) is 11.4 Å². The first-order valence-corrected chi connectivity index (χ1v) is 11.1. The van der Waals surface area contributed by atoms with Gasteiger partial charge in [-0.05, 0) is 42.3 Å². The molecule has 4 rings (SSSR count). The second-order valence-corrected chi connectivity index (χ2v) is 8.57. The van der Waals surface area contributed by atoms with Crippen molar-refractivity contribution in [2.75, 3.05) is 17.7 Å². The first kappa shape index (κ1) is 22.8. The fourth-order valence-electron chi connectivity index (χ4n) is 3.71. The molecular formula is C25H22Cl2N4O2. The number of likely N-dealkylation sites (N-methyl/N-ethyl adjacent to an activating group) is 1. The van der Waals surface area contributed by atoms with E-state index in [0.29, 0.717) is 33.6 Å². The van der Waals surface area contributed by atoms with Gasteiger partial charge in [-0.3, -0.25) is 9.59 Å². The molecule has 0 saturated carbocycles. The molecule has 1 aliphatic heterocycles. The molecule has 1 heterocycles. The molecule has 3 aromatic carbocycles. The van der Waals surface area contributed by atoms with E-state index in [1.807, 2.05) is 30.3 Å². The van der Waals surface area contributed by atoms with E-state index in [4.69, 9.17) is 28.9 Å². The van der Waals surface area contributed by atoms with Gasteiger partial charge in [0.15, 0.2) is 0 Å². The van der Waals surface area contributed by atoms with Crippen molar-refractivity contribution in [3.63, 3.8) is 0 Å². The quantitative estimate of drug-likeness (QED) is 0.528. The number of benzene rings is 3. The van der Waals surface area contributed by atoms with Crippen LogP contribution in [0.3, 0.4) is 0 Å². The molecule has 6 nitrogen and oxygen atoms in total. The predicted molar refractivity (Wildman–Crippen MR) is 133 cm³/mol. The van der Waals surface area contributed by atoms with Crippen LogP contribution < -0.4 is 16.0 Å². The summed E-state index contributed by atoms with van der Waals surface area (Å²) in [7, 11) is 1.66. The molecule has 168 valence electrons. The molecular weight excluding hydrogens is 459 g/mol. The number of carbonyl (C=O) groups excluding carboxylic acids is 2. The molecule has 0 saturated heterocycles. The molecule has 1 unspecified atom stereocenters. The maximum absolute atomic E-state index is 13.2. The third kappa shape index (κ3) is 5.02. The van der Waals surface area contributed by atoms with Gasteiger partial charge < -0.3 is 16.0 Å². The van der Waals surface area contributed by atoms with E-state index >= 15 is 0 Å². The minimum atomic E-state index is -1.08. The SMILES string of the molecule is CN1C(=O)C(NC(=O)CCc2ccc(Cl)cc2Cl)N=C(c2ccccc2)c2cc(N)ccc21.